The summed E-state index contributed by atoms with van der Waals surface area (Å²) in [7, 11) is 0. The zero-order valence-electron chi connectivity index (χ0n) is 8.62. The van der Waals surface area contributed by atoms with Gasteiger partial charge in [-0.1, -0.05) is 0 Å². The molecular formula is C11H10BrNOS2. The highest BCUT2D eigenvalue weighted by Crippen LogP contribution is 2.22. The SMILES string of the molecule is Cc1cscc1C(=O)NCc1sccc1Br. The molecule has 0 aliphatic carbocycles. The fourth-order valence-electron chi connectivity index (χ4n) is 1.30. The molecule has 1 amide bonds. The maximum atomic E-state index is 11.8. The Morgan fingerprint density at radius 2 is 2.31 bits per heavy atom. The highest BCUT2D eigenvalue weighted by atomic mass is 79.9. The average molecular weight is 316 g/mol. The number of aryl methyl sites for hydroxylation is 1. The molecule has 5 heteroatoms. The molecule has 0 unspecified atom stereocenters. The molecule has 2 heterocycles. The van der Waals surface area contributed by atoms with Crippen molar-refractivity contribution in [1.82, 2.24) is 5.32 Å². The Morgan fingerprint density at radius 1 is 1.50 bits per heavy atom. The van der Waals surface area contributed by atoms with Gasteiger partial charge in [-0.25, -0.2) is 0 Å². The molecule has 0 saturated heterocycles. The highest BCUT2D eigenvalue weighted by Gasteiger charge is 2.10. The van der Waals surface area contributed by atoms with E-state index in [1.807, 2.05) is 29.1 Å². The zero-order valence-corrected chi connectivity index (χ0v) is 11.8. The lowest BCUT2D eigenvalue weighted by Gasteiger charge is -2.03. The van der Waals surface area contributed by atoms with Crippen molar-refractivity contribution in [3.05, 3.63) is 42.7 Å². The van der Waals surface area contributed by atoms with Crippen LogP contribution in [0, 0.1) is 6.92 Å². The highest BCUT2D eigenvalue weighted by molar-refractivity contribution is 9.10. The van der Waals surface area contributed by atoms with E-state index in [1.165, 1.54) is 0 Å². The lowest BCUT2D eigenvalue weighted by molar-refractivity contribution is 0.0951. The van der Waals surface area contributed by atoms with Crippen LogP contribution in [0.4, 0.5) is 0 Å². The van der Waals surface area contributed by atoms with Crippen molar-refractivity contribution < 1.29 is 4.79 Å². The van der Waals surface area contributed by atoms with Crippen molar-refractivity contribution >= 4 is 44.5 Å². The van der Waals surface area contributed by atoms with Gasteiger partial charge in [0.25, 0.3) is 5.91 Å². The van der Waals surface area contributed by atoms with Crippen LogP contribution in [0.1, 0.15) is 20.8 Å². The molecule has 0 radical (unpaired) electrons. The lowest BCUT2D eigenvalue weighted by atomic mass is 10.2. The minimum atomic E-state index is -0.000880. The van der Waals surface area contributed by atoms with Crippen LogP contribution in [0.5, 0.6) is 0 Å². The largest absolute Gasteiger partial charge is 0.347 e. The first kappa shape index (κ1) is 11.8. The number of halogens is 1. The van der Waals surface area contributed by atoms with Crippen LogP contribution in [0.25, 0.3) is 0 Å². The standard InChI is InChI=1S/C11H10BrNOS2/c1-7-5-15-6-8(7)11(14)13-4-10-9(12)2-3-16-10/h2-3,5-6H,4H2,1H3,(H,13,14). The number of thiophene rings is 2. The number of hydrogen-bond donors (Lipinski definition) is 1. The molecule has 2 aromatic rings. The molecule has 2 aromatic heterocycles. The second-order valence-corrected chi connectivity index (χ2v) is 5.94. The summed E-state index contributed by atoms with van der Waals surface area (Å²) in [4.78, 5) is 13.0. The van der Waals surface area contributed by atoms with E-state index in [-0.39, 0.29) is 5.91 Å². The van der Waals surface area contributed by atoms with E-state index in [1.54, 1.807) is 22.7 Å². The van der Waals surface area contributed by atoms with Gasteiger partial charge in [0, 0.05) is 14.7 Å². The van der Waals surface area contributed by atoms with Crippen LogP contribution in [-0.4, -0.2) is 5.91 Å². The van der Waals surface area contributed by atoms with Gasteiger partial charge in [-0.2, -0.15) is 11.3 Å². The molecule has 2 rings (SSSR count). The number of hydrogen-bond acceptors (Lipinski definition) is 3. The predicted octanol–water partition coefficient (Wildman–Crippen LogP) is 3.81. The van der Waals surface area contributed by atoms with Crippen LogP contribution < -0.4 is 5.32 Å². The third-order valence-electron chi connectivity index (χ3n) is 2.20. The van der Waals surface area contributed by atoms with Crippen molar-refractivity contribution in [3.8, 4) is 0 Å². The molecule has 0 atom stereocenters. The van der Waals surface area contributed by atoms with Crippen molar-refractivity contribution in [2.24, 2.45) is 0 Å². The Balaban J connectivity index is 1.99. The maximum Gasteiger partial charge on any atom is 0.252 e. The number of amides is 1. The molecule has 0 aromatic carbocycles. The van der Waals surface area contributed by atoms with Gasteiger partial charge in [0.15, 0.2) is 0 Å². The molecule has 0 aliphatic rings. The molecule has 0 saturated carbocycles. The van der Waals surface area contributed by atoms with Gasteiger partial charge in [-0.15, -0.1) is 11.3 Å². The van der Waals surface area contributed by atoms with E-state index < -0.39 is 0 Å². The molecule has 0 aliphatic heterocycles. The zero-order chi connectivity index (χ0) is 11.5. The van der Waals surface area contributed by atoms with Gasteiger partial charge < -0.3 is 5.32 Å². The Hall–Kier alpha value is -0.650. The first-order chi connectivity index (χ1) is 7.68. The lowest BCUT2D eigenvalue weighted by Crippen LogP contribution is -2.22. The van der Waals surface area contributed by atoms with Gasteiger partial charge in [0.2, 0.25) is 0 Å². The Labute approximate surface area is 110 Å². The number of carbonyl (C=O) groups excluding carboxylic acids is 1. The quantitative estimate of drug-likeness (QED) is 0.916. The van der Waals surface area contributed by atoms with Crippen molar-refractivity contribution in [3.63, 3.8) is 0 Å². The maximum absolute atomic E-state index is 11.8. The van der Waals surface area contributed by atoms with Gasteiger partial charge in [0.1, 0.15) is 0 Å². The van der Waals surface area contributed by atoms with Crippen LogP contribution in [0.15, 0.2) is 26.7 Å². The molecule has 1 N–H and O–H groups in total. The van der Waals surface area contributed by atoms with E-state index in [4.69, 9.17) is 0 Å². The molecule has 0 bridgehead atoms. The summed E-state index contributed by atoms with van der Waals surface area (Å²) in [5, 5.41) is 8.78. The van der Waals surface area contributed by atoms with Gasteiger partial charge >= 0.3 is 0 Å². The van der Waals surface area contributed by atoms with Crippen LogP contribution in [0.2, 0.25) is 0 Å². The minimum Gasteiger partial charge on any atom is -0.347 e. The molecule has 0 fully saturated rings. The monoisotopic (exact) mass is 315 g/mol. The van der Waals surface area contributed by atoms with Crippen molar-refractivity contribution in [2.45, 2.75) is 13.5 Å². The summed E-state index contributed by atoms with van der Waals surface area (Å²) in [6, 6.07) is 1.99. The smallest absolute Gasteiger partial charge is 0.252 e. The summed E-state index contributed by atoms with van der Waals surface area (Å²) in [5.41, 5.74) is 1.81. The van der Waals surface area contributed by atoms with E-state index in [2.05, 4.69) is 21.2 Å². The normalized spacial score (nSPS) is 10.4. The van der Waals surface area contributed by atoms with E-state index in [9.17, 15) is 4.79 Å². The summed E-state index contributed by atoms with van der Waals surface area (Å²) in [6.45, 7) is 2.53. The first-order valence-electron chi connectivity index (χ1n) is 4.71. The van der Waals surface area contributed by atoms with Crippen LogP contribution >= 0.6 is 38.6 Å². The molecule has 16 heavy (non-hydrogen) atoms. The summed E-state index contributed by atoms with van der Waals surface area (Å²) in [5.74, 6) is -0.000880. The first-order valence-corrected chi connectivity index (χ1v) is 7.33. The third-order valence-corrected chi connectivity index (χ3v) is 4.99. The van der Waals surface area contributed by atoms with E-state index in [0.717, 1.165) is 20.5 Å². The second kappa shape index (κ2) is 5.12. The topological polar surface area (TPSA) is 29.1 Å². The molecule has 0 spiro atoms. The molecule has 2 nitrogen and oxygen atoms in total. The third kappa shape index (κ3) is 2.53. The van der Waals surface area contributed by atoms with E-state index >= 15 is 0 Å². The van der Waals surface area contributed by atoms with E-state index in [0.29, 0.717) is 6.54 Å². The summed E-state index contributed by atoms with van der Waals surface area (Å²) < 4.78 is 1.06. The minimum absolute atomic E-state index is 0.000880. The Bertz CT molecular complexity index is 504. The fourth-order valence-corrected chi connectivity index (χ4v) is 3.56. The summed E-state index contributed by atoms with van der Waals surface area (Å²) in [6.07, 6.45) is 0. The van der Waals surface area contributed by atoms with Gasteiger partial charge in [0.05, 0.1) is 12.1 Å². The van der Waals surface area contributed by atoms with Crippen molar-refractivity contribution in [1.29, 1.82) is 0 Å². The number of rotatable bonds is 3. The number of nitrogens with one attached hydrogen (secondary N) is 1. The fraction of sp³-hybridized carbons (Fsp3) is 0.182. The number of carbonyl (C=O) groups is 1. The van der Waals surface area contributed by atoms with Crippen LogP contribution in [-0.2, 0) is 6.54 Å². The average Bonchev–Trinajstić information content (AvgIpc) is 2.84. The van der Waals surface area contributed by atoms with Gasteiger partial charge in [-0.3, -0.25) is 4.79 Å². The molecular weight excluding hydrogens is 306 g/mol. The Morgan fingerprint density at radius 3 is 2.88 bits per heavy atom. The van der Waals surface area contributed by atoms with Gasteiger partial charge in [-0.05, 0) is 45.2 Å². The Kier molecular flexibility index (Phi) is 3.78. The van der Waals surface area contributed by atoms with Crippen molar-refractivity contribution in [2.75, 3.05) is 0 Å². The predicted molar refractivity (Wildman–Crippen MR) is 72.2 cm³/mol. The molecule has 84 valence electrons. The summed E-state index contributed by atoms with van der Waals surface area (Å²) >= 11 is 6.63. The van der Waals surface area contributed by atoms with Crippen LogP contribution in [0.3, 0.4) is 0 Å². The second-order valence-electron chi connectivity index (χ2n) is 3.34.